The Morgan fingerprint density at radius 3 is 2.24 bits per heavy atom. The Morgan fingerprint density at radius 2 is 1.71 bits per heavy atom. The maximum Gasteiger partial charge on any atom is 0.213 e. The fourth-order valence-electron chi connectivity index (χ4n) is 1.39. The fraction of sp³-hybridized carbons (Fsp3) is 0.500. The normalized spacial score (nSPS) is 11.6. The zero-order chi connectivity index (χ0) is 12.7. The first kappa shape index (κ1) is 14.2. The van der Waals surface area contributed by atoms with Crippen LogP contribution in [0.15, 0.2) is 24.3 Å². The second kappa shape index (κ2) is 6.74. The Balaban J connectivity index is 2.49. The topological polar surface area (TPSA) is 58.2 Å². The van der Waals surface area contributed by atoms with Gasteiger partial charge in [0.25, 0.3) is 0 Å². The minimum atomic E-state index is -3.17. The standard InChI is InChI=1S/C12H20N2O2S/c1-3-11-4-6-12(7-5-11)10-14-17(15,16)9-8-13-2/h4-7,13-14H,3,8-10H2,1-2H3. The van der Waals surface area contributed by atoms with Gasteiger partial charge >= 0.3 is 0 Å². The molecule has 0 aromatic heterocycles. The zero-order valence-electron chi connectivity index (χ0n) is 10.4. The van der Waals surface area contributed by atoms with E-state index in [-0.39, 0.29) is 5.75 Å². The van der Waals surface area contributed by atoms with Crippen molar-refractivity contribution in [2.75, 3.05) is 19.3 Å². The second-order valence-electron chi connectivity index (χ2n) is 3.91. The van der Waals surface area contributed by atoms with Crippen LogP contribution in [-0.2, 0) is 23.0 Å². The van der Waals surface area contributed by atoms with Crippen molar-refractivity contribution in [3.8, 4) is 0 Å². The molecule has 96 valence electrons. The van der Waals surface area contributed by atoms with Crippen LogP contribution in [-0.4, -0.2) is 27.8 Å². The molecule has 0 unspecified atom stereocenters. The van der Waals surface area contributed by atoms with Gasteiger partial charge in [-0.15, -0.1) is 0 Å². The molecule has 0 amide bonds. The number of sulfonamides is 1. The van der Waals surface area contributed by atoms with Crippen molar-refractivity contribution in [2.45, 2.75) is 19.9 Å². The summed E-state index contributed by atoms with van der Waals surface area (Å²) in [5.74, 6) is 0.108. The third-order valence-electron chi connectivity index (χ3n) is 2.55. The molecule has 17 heavy (non-hydrogen) atoms. The molecule has 1 rings (SSSR count). The van der Waals surface area contributed by atoms with E-state index in [4.69, 9.17) is 0 Å². The molecular weight excluding hydrogens is 236 g/mol. The fourth-order valence-corrected chi connectivity index (χ4v) is 2.40. The molecule has 0 spiro atoms. The van der Waals surface area contributed by atoms with E-state index >= 15 is 0 Å². The van der Waals surface area contributed by atoms with Gasteiger partial charge in [-0.3, -0.25) is 0 Å². The molecule has 0 aliphatic heterocycles. The number of aryl methyl sites for hydroxylation is 1. The minimum absolute atomic E-state index is 0.108. The third kappa shape index (κ3) is 5.30. The number of nitrogens with one attached hydrogen (secondary N) is 2. The highest BCUT2D eigenvalue weighted by Gasteiger charge is 2.08. The summed E-state index contributed by atoms with van der Waals surface area (Å²) in [6.07, 6.45) is 0.994. The first-order valence-corrected chi connectivity index (χ1v) is 7.42. The molecule has 5 heteroatoms. The molecule has 0 radical (unpaired) electrons. The van der Waals surface area contributed by atoms with Gasteiger partial charge in [-0.05, 0) is 24.6 Å². The van der Waals surface area contributed by atoms with Gasteiger partial charge in [0.1, 0.15) is 0 Å². The summed E-state index contributed by atoms with van der Waals surface area (Å²) in [4.78, 5) is 0. The van der Waals surface area contributed by atoms with Crippen LogP contribution in [0.5, 0.6) is 0 Å². The highest BCUT2D eigenvalue weighted by molar-refractivity contribution is 7.89. The molecular formula is C12H20N2O2S. The molecule has 0 atom stereocenters. The summed E-state index contributed by atoms with van der Waals surface area (Å²) < 4.78 is 25.6. The van der Waals surface area contributed by atoms with Crippen molar-refractivity contribution >= 4 is 10.0 Å². The van der Waals surface area contributed by atoms with E-state index in [1.807, 2.05) is 24.3 Å². The second-order valence-corrected chi connectivity index (χ2v) is 5.84. The summed E-state index contributed by atoms with van der Waals surface area (Å²) in [6.45, 7) is 2.91. The van der Waals surface area contributed by atoms with Gasteiger partial charge in [0.15, 0.2) is 0 Å². The summed E-state index contributed by atoms with van der Waals surface area (Å²) in [5.41, 5.74) is 2.24. The highest BCUT2D eigenvalue weighted by Crippen LogP contribution is 2.05. The quantitative estimate of drug-likeness (QED) is 0.761. The van der Waals surface area contributed by atoms with E-state index in [0.717, 1.165) is 12.0 Å². The summed E-state index contributed by atoms with van der Waals surface area (Å²) >= 11 is 0. The van der Waals surface area contributed by atoms with Crippen LogP contribution in [0.1, 0.15) is 18.1 Å². The van der Waals surface area contributed by atoms with Gasteiger partial charge in [0, 0.05) is 13.1 Å². The first-order chi connectivity index (χ1) is 8.07. The van der Waals surface area contributed by atoms with E-state index in [1.165, 1.54) is 5.56 Å². The van der Waals surface area contributed by atoms with E-state index in [9.17, 15) is 8.42 Å². The Labute approximate surface area is 103 Å². The number of rotatable bonds is 7. The molecule has 4 nitrogen and oxygen atoms in total. The van der Waals surface area contributed by atoms with E-state index in [0.29, 0.717) is 13.1 Å². The van der Waals surface area contributed by atoms with Gasteiger partial charge in [-0.2, -0.15) is 0 Å². The van der Waals surface area contributed by atoms with Crippen LogP contribution >= 0.6 is 0 Å². The number of hydrogen-bond donors (Lipinski definition) is 2. The number of hydrogen-bond acceptors (Lipinski definition) is 3. The Kier molecular flexibility index (Phi) is 5.61. The largest absolute Gasteiger partial charge is 0.319 e. The smallest absolute Gasteiger partial charge is 0.213 e. The van der Waals surface area contributed by atoms with Crippen LogP contribution in [0.3, 0.4) is 0 Å². The Hall–Kier alpha value is -0.910. The van der Waals surface area contributed by atoms with E-state index in [1.54, 1.807) is 7.05 Å². The van der Waals surface area contributed by atoms with Crippen molar-refractivity contribution in [1.29, 1.82) is 0 Å². The van der Waals surface area contributed by atoms with Crippen molar-refractivity contribution in [3.05, 3.63) is 35.4 Å². The van der Waals surface area contributed by atoms with Crippen LogP contribution in [0.4, 0.5) is 0 Å². The lowest BCUT2D eigenvalue weighted by Crippen LogP contribution is -2.30. The molecule has 0 saturated carbocycles. The van der Waals surface area contributed by atoms with Crippen LogP contribution < -0.4 is 10.0 Å². The van der Waals surface area contributed by atoms with Crippen molar-refractivity contribution in [2.24, 2.45) is 0 Å². The molecule has 0 fully saturated rings. The third-order valence-corrected chi connectivity index (χ3v) is 3.87. The predicted molar refractivity (Wildman–Crippen MR) is 70.4 cm³/mol. The zero-order valence-corrected chi connectivity index (χ0v) is 11.2. The molecule has 0 aliphatic carbocycles. The molecule has 2 N–H and O–H groups in total. The van der Waals surface area contributed by atoms with Gasteiger partial charge in [0.05, 0.1) is 5.75 Å². The maximum absolute atomic E-state index is 11.5. The first-order valence-electron chi connectivity index (χ1n) is 5.77. The summed E-state index contributed by atoms with van der Waals surface area (Å²) in [6, 6.07) is 7.97. The lowest BCUT2D eigenvalue weighted by atomic mass is 10.1. The van der Waals surface area contributed by atoms with E-state index < -0.39 is 10.0 Å². The average Bonchev–Trinajstić information content (AvgIpc) is 2.35. The van der Waals surface area contributed by atoms with Gasteiger partial charge < -0.3 is 5.32 Å². The minimum Gasteiger partial charge on any atom is -0.319 e. The van der Waals surface area contributed by atoms with Crippen molar-refractivity contribution in [3.63, 3.8) is 0 Å². The van der Waals surface area contributed by atoms with Crippen LogP contribution in [0.2, 0.25) is 0 Å². The van der Waals surface area contributed by atoms with Gasteiger partial charge in [-0.1, -0.05) is 31.2 Å². The molecule has 0 heterocycles. The Morgan fingerprint density at radius 1 is 1.12 bits per heavy atom. The van der Waals surface area contributed by atoms with E-state index in [2.05, 4.69) is 17.0 Å². The average molecular weight is 256 g/mol. The predicted octanol–water partition coefficient (Wildman–Crippen LogP) is 0.888. The molecule has 1 aromatic carbocycles. The van der Waals surface area contributed by atoms with Crippen molar-refractivity contribution < 1.29 is 8.42 Å². The Bertz CT molecular complexity index is 426. The summed E-state index contributed by atoms with van der Waals surface area (Å²) in [7, 11) is -1.43. The van der Waals surface area contributed by atoms with Crippen LogP contribution in [0.25, 0.3) is 0 Å². The lowest BCUT2D eigenvalue weighted by molar-refractivity contribution is 0.579. The molecule has 1 aromatic rings. The van der Waals surface area contributed by atoms with Gasteiger partial charge in [0.2, 0.25) is 10.0 Å². The summed E-state index contributed by atoms with van der Waals surface area (Å²) in [5, 5.41) is 2.82. The molecule has 0 aliphatic rings. The number of benzene rings is 1. The van der Waals surface area contributed by atoms with Crippen LogP contribution in [0, 0.1) is 0 Å². The molecule has 0 bridgehead atoms. The van der Waals surface area contributed by atoms with Crippen molar-refractivity contribution in [1.82, 2.24) is 10.0 Å². The molecule has 0 saturated heterocycles. The van der Waals surface area contributed by atoms with Gasteiger partial charge in [-0.25, -0.2) is 13.1 Å². The SMILES string of the molecule is CCc1ccc(CNS(=O)(=O)CCNC)cc1. The lowest BCUT2D eigenvalue weighted by Gasteiger charge is -2.07. The monoisotopic (exact) mass is 256 g/mol. The highest BCUT2D eigenvalue weighted by atomic mass is 32.2. The maximum atomic E-state index is 11.5.